The highest BCUT2D eigenvalue weighted by molar-refractivity contribution is 5.54. The number of imidazole rings is 1. The van der Waals surface area contributed by atoms with Gasteiger partial charge in [-0.05, 0) is 62.1 Å². The van der Waals surface area contributed by atoms with E-state index >= 15 is 0 Å². The van der Waals surface area contributed by atoms with Crippen molar-refractivity contribution in [1.29, 1.82) is 0 Å². The second-order valence-corrected chi connectivity index (χ2v) is 8.38. The molecule has 0 aliphatic carbocycles. The summed E-state index contributed by atoms with van der Waals surface area (Å²) in [7, 11) is 0. The molecule has 1 aromatic carbocycles. The molecular weight excluding hydrogens is 448 g/mol. The monoisotopic (exact) mass is 470 g/mol. The molecule has 10 heteroatoms. The van der Waals surface area contributed by atoms with Crippen LogP contribution in [-0.4, -0.2) is 29.3 Å². The normalized spacial score (nSPS) is 16.0. The van der Waals surface area contributed by atoms with Crippen molar-refractivity contribution in [3.8, 4) is 17.2 Å². The van der Waals surface area contributed by atoms with Gasteiger partial charge in [0, 0.05) is 18.7 Å². The molecule has 0 fully saturated rings. The van der Waals surface area contributed by atoms with Gasteiger partial charge in [0.25, 0.3) is 0 Å². The maximum atomic E-state index is 14.0. The first kappa shape index (κ1) is 22.2. The minimum Gasteiger partial charge on any atom is -0.304 e. The molecule has 4 heterocycles. The average Bonchev–Trinajstić information content (AvgIpc) is 3.43. The van der Waals surface area contributed by atoms with Crippen LogP contribution in [0.1, 0.15) is 54.0 Å². The van der Waals surface area contributed by atoms with Crippen LogP contribution in [-0.2, 0) is 19.1 Å². The molecule has 1 aliphatic rings. The molecule has 176 valence electrons. The van der Waals surface area contributed by atoms with Crippen molar-refractivity contribution in [3.05, 3.63) is 77.0 Å². The third kappa shape index (κ3) is 3.97. The molecule has 5 rings (SSSR count). The van der Waals surface area contributed by atoms with E-state index in [0.29, 0.717) is 43.1 Å². The molecule has 0 amide bonds. The number of nitrogens with zero attached hydrogens (tertiary/aromatic N) is 6. The van der Waals surface area contributed by atoms with E-state index in [1.54, 1.807) is 17.1 Å². The Balaban J connectivity index is 1.56. The van der Waals surface area contributed by atoms with Crippen LogP contribution in [0.3, 0.4) is 0 Å². The van der Waals surface area contributed by atoms with Crippen molar-refractivity contribution in [1.82, 2.24) is 29.3 Å². The molecule has 0 unspecified atom stereocenters. The molecule has 0 N–H and O–H groups in total. The largest absolute Gasteiger partial charge is 0.416 e. The number of aromatic nitrogens is 6. The summed E-state index contributed by atoms with van der Waals surface area (Å²) in [5.41, 5.74) is 2.18. The number of fused-ring (bicyclic) bond motifs is 1. The van der Waals surface area contributed by atoms with Gasteiger partial charge in [0.05, 0.1) is 29.0 Å². The van der Waals surface area contributed by atoms with Gasteiger partial charge in [-0.3, -0.25) is 0 Å². The van der Waals surface area contributed by atoms with Gasteiger partial charge in [-0.15, -0.1) is 5.10 Å². The van der Waals surface area contributed by atoms with Crippen molar-refractivity contribution in [3.63, 3.8) is 0 Å². The lowest BCUT2D eigenvalue weighted by Gasteiger charge is -2.25. The average molecular weight is 470 g/mol. The molecule has 0 saturated heterocycles. The fraction of sp³-hybridized carbons (Fsp3) is 0.333. The number of rotatable bonds is 4. The summed E-state index contributed by atoms with van der Waals surface area (Å²) in [5, 5.41) is 4.54. The van der Waals surface area contributed by atoms with Crippen molar-refractivity contribution < 1.29 is 17.6 Å². The summed E-state index contributed by atoms with van der Waals surface area (Å²) in [6.07, 6.45) is 0.742. The maximum absolute atomic E-state index is 14.0. The van der Waals surface area contributed by atoms with E-state index < -0.39 is 23.5 Å². The van der Waals surface area contributed by atoms with E-state index in [1.165, 1.54) is 0 Å². The lowest BCUT2D eigenvalue weighted by molar-refractivity contribution is -0.138. The lowest BCUT2D eigenvalue weighted by atomic mass is 9.87. The quantitative estimate of drug-likeness (QED) is 0.371. The third-order valence-corrected chi connectivity index (χ3v) is 6.07. The smallest absolute Gasteiger partial charge is 0.304 e. The number of alkyl halides is 3. The Labute approximate surface area is 193 Å². The maximum Gasteiger partial charge on any atom is 0.416 e. The number of halogens is 4. The summed E-state index contributed by atoms with van der Waals surface area (Å²) in [4.78, 5) is 13.6. The Bertz CT molecular complexity index is 1350. The number of hydrogen-bond acceptors (Lipinski definition) is 4. The summed E-state index contributed by atoms with van der Waals surface area (Å²) in [6, 6.07) is 6.31. The highest BCUT2D eigenvalue weighted by Crippen LogP contribution is 2.41. The summed E-state index contributed by atoms with van der Waals surface area (Å²) in [5.74, 6) is -0.679. The molecule has 3 aromatic heterocycles. The van der Waals surface area contributed by atoms with Crippen LogP contribution in [0.25, 0.3) is 17.2 Å². The molecular formula is C24H22F4N6. The van der Waals surface area contributed by atoms with E-state index in [0.717, 1.165) is 35.3 Å². The Hall–Kier alpha value is -3.56. The van der Waals surface area contributed by atoms with E-state index in [-0.39, 0.29) is 5.56 Å². The Kier molecular flexibility index (Phi) is 5.45. The van der Waals surface area contributed by atoms with E-state index in [1.807, 2.05) is 30.7 Å². The second-order valence-electron chi connectivity index (χ2n) is 8.38. The van der Waals surface area contributed by atoms with E-state index in [2.05, 4.69) is 15.1 Å². The van der Waals surface area contributed by atoms with Gasteiger partial charge in [-0.2, -0.15) is 13.2 Å². The van der Waals surface area contributed by atoms with Crippen LogP contribution in [0.5, 0.6) is 0 Å². The fourth-order valence-corrected chi connectivity index (χ4v) is 4.50. The Morgan fingerprint density at radius 1 is 1.12 bits per heavy atom. The highest BCUT2D eigenvalue weighted by atomic mass is 19.4. The van der Waals surface area contributed by atoms with Crippen molar-refractivity contribution in [2.75, 3.05) is 0 Å². The van der Waals surface area contributed by atoms with Crippen molar-refractivity contribution in [2.45, 2.75) is 51.7 Å². The second kappa shape index (κ2) is 8.34. The number of pyridine rings is 1. The topological polar surface area (TPSA) is 61.4 Å². The van der Waals surface area contributed by atoms with Crippen LogP contribution < -0.4 is 0 Å². The lowest BCUT2D eigenvalue weighted by Crippen LogP contribution is -2.21. The van der Waals surface area contributed by atoms with Gasteiger partial charge in [0.2, 0.25) is 0 Å². The summed E-state index contributed by atoms with van der Waals surface area (Å²) in [6.45, 7) is 4.43. The van der Waals surface area contributed by atoms with Gasteiger partial charge >= 0.3 is 6.18 Å². The molecule has 1 aliphatic heterocycles. The van der Waals surface area contributed by atoms with Gasteiger partial charge in [-0.25, -0.2) is 24.0 Å². The molecule has 0 spiro atoms. The first-order valence-corrected chi connectivity index (χ1v) is 11.1. The molecule has 0 bridgehead atoms. The van der Waals surface area contributed by atoms with Gasteiger partial charge in [-0.1, -0.05) is 6.92 Å². The van der Waals surface area contributed by atoms with E-state index in [4.69, 9.17) is 4.98 Å². The summed E-state index contributed by atoms with van der Waals surface area (Å²) >= 11 is 0. The molecule has 4 aromatic rings. The Morgan fingerprint density at radius 3 is 2.65 bits per heavy atom. The Morgan fingerprint density at radius 2 is 1.94 bits per heavy atom. The molecule has 34 heavy (non-hydrogen) atoms. The number of hydrogen-bond donors (Lipinski definition) is 0. The van der Waals surface area contributed by atoms with Gasteiger partial charge in [0.15, 0.2) is 5.82 Å². The molecule has 0 saturated carbocycles. The third-order valence-electron chi connectivity index (χ3n) is 6.07. The standard InChI is InChI=1S/C24H22F4N6/c1-3-19-21(33-12-14(2)29-13-33)9-8-20(30-19)22-31-23-16(5-4-10-34(23)32-22)17-11-15(25)6-7-18(17)24(26,27)28/h6-9,11-13,16H,3-5,10H2,1-2H3/t16-/m1/s1. The highest BCUT2D eigenvalue weighted by Gasteiger charge is 2.38. The first-order chi connectivity index (χ1) is 16.2. The number of benzene rings is 1. The zero-order valence-corrected chi connectivity index (χ0v) is 18.6. The molecule has 6 nitrogen and oxygen atoms in total. The van der Waals surface area contributed by atoms with Crippen LogP contribution in [0, 0.1) is 12.7 Å². The van der Waals surface area contributed by atoms with Crippen LogP contribution in [0.4, 0.5) is 17.6 Å². The van der Waals surface area contributed by atoms with Crippen LogP contribution in [0.2, 0.25) is 0 Å². The predicted octanol–water partition coefficient (Wildman–Crippen LogP) is 5.48. The SMILES string of the molecule is CCc1nc(-c2nc3n(n2)CCC[C@@H]3c2cc(F)ccc2C(F)(F)F)ccc1-n1cnc(C)c1. The van der Waals surface area contributed by atoms with Crippen LogP contribution >= 0.6 is 0 Å². The van der Waals surface area contributed by atoms with Crippen LogP contribution in [0.15, 0.2) is 42.9 Å². The van der Waals surface area contributed by atoms with Gasteiger partial charge < -0.3 is 4.57 Å². The van der Waals surface area contributed by atoms with Gasteiger partial charge in [0.1, 0.15) is 17.3 Å². The number of aryl methyl sites for hydroxylation is 3. The fourth-order valence-electron chi connectivity index (χ4n) is 4.50. The van der Waals surface area contributed by atoms with Crippen molar-refractivity contribution >= 4 is 0 Å². The minimum absolute atomic E-state index is 0.111. The van der Waals surface area contributed by atoms with E-state index in [9.17, 15) is 17.6 Å². The first-order valence-electron chi connectivity index (χ1n) is 11.1. The predicted molar refractivity (Wildman–Crippen MR) is 117 cm³/mol. The zero-order valence-electron chi connectivity index (χ0n) is 18.6. The van der Waals surface area contributed by atoms with Crippen molar-refractivity contribution in [2.24, 2.45) is 0 Å². The molecule has 0 radical (unpaired) electrons. The minimum atomic E-state index is -4.59. The molecule has 1 atom stereocenters. The zero-order chi connectivity index (χ0) is 24.0. The summed E-state index contributed by atoms with van der Waals surface area (Å²) < 4.78 is 58.5.